The van der Waals surface area contributed by atoms with Gasteiger partial charge in [-0.1, -0.05) is 35.9 Å². The molecule has 0 fully saturated rings. The van der Waals surface area contributed by atoms with Crippen LogP contribution < -0.4 is 5.32 Å². The van der Waals surface area contributed by atoms with Gasteiger partial charge in [-0.15, -0.1) is 11.8 Å². The van der Waals surface area contributed by atoms with E-state index in [1.807, 2.05) is 64.1 Å². The van der Waals surface area contributed by atoms with Gasteiger partial charge in [-0.05, 0) is 70.0 Å². The molecule has 0 aromatic heterocycles. The van der Waals surface area contributed by atoms with E-state index >= 15 is 0 Å². The summed E-state index contributed by atoms with van der Waals surface area (Å²) in [5, 5.41) is 3.64. The Balaban J connectivity index is 2.18. The second-order valence-corrected chi connectivity index (χ2v) is 9.59. The van der Waals surface area contributed by atoms with Crippen LogP contribution in [0.5, 0.6) is 0 Å². The molecule has 0 bridgehead atoms. The van der Waals surface area contributed by atoms with Crippen molar-refractivity contribution in [1.82, 2.24) is 10.2 Å². The van der Waals surface area contributed by atoms with Crippen molar-refractivity contribution >= 4 is 35.2 Å². The number of nitrogens with one attached hydrogen (secondary N) is 1. The molecule has 4 nitrogen and oxygen atoms in total. The molecule has 2 amide bonds. The lowest BCUT2D eigenvalue weighted by atomic mass is 10.1. The minimum absolute atomic E-state index is 0.0789. The molecule has 0 aliphatic heterocycles. The number of hydrogen-bond donors (Lipinski definition) is 1. The van der Waals surface area contributed by atoms with E-state index in [0.29, 0.717) is 11.6 Å². The third-order valence-corrected chi connectivity index (χ3v) is 5.69. The minimum atomic E-state index is -0.577. The number of halogens is 1. The molecule has 1 N–H and O–H groups in total. The van der Waals surface area contributed by atoms with Crippen molar-refractivity contribution in [1.29, 1.82) is 0 Å². The van der Waals surface area contributed by atoms with Crippen LogP contribution >= 0.6 is 23.4 Å². The molecular weight excluding hydrogens is 404 g/mol. The fourth-order valence-corrected chi connectivity index (χ4v) is 3.70. The molecule has 29 heavy (non-hydrogen) atoms. The maximum atomic E-state index is 13.1. The van der Waals surface area contributed by atoms with Gasteiger partial charge in [0, 0.05) is 22.0 Å². The summed E-state index contributed by atoms with van der Waals surface area (Å²) in [5.74, 6) is 0.0152. The first-order chi connectivity index (χ1) is 13.6. The average molecular weight is 433 g/mol. The van der Waals surface area contributed by atoms with E-state index in [4.69, 9.17) is 11.6 Å². The van der Waals surface area contributed by atoms with Gasteiger partial charge in [-0.2, -0.15) is 0 Å². The van der Waals surface area contributed by atoms with E-state index in [2.05, 4.69) is 5.32 Å². The minimum Gasteiger partial charge on any atom is -0.350 e. The zero-order valence-electron chi connectivity index (χ0n) is 17.7. The summed E-state index contributed by atoms with van der Waals surface area (Å²) in [7, 11) is 0. The number of carbonyl (C=O) groups excluding carboxylic acids is 2. The second-order valence-electron chi connectivity index (χ2n) is 8.11. The molecule has 1 atom stereocenters. The van der Waals surface area contributed by atoms with Crippen molar-refractivity contribution in [2.24, 2.45) is 0 Å². The Morgan fingerprint density at radius 1 is 1.10 bits per heavy atom. The Bertz CT molecular complexity index is 847. The molecule has 156 valence electrons. The predicted octanol–water partition coefficient (Wildman–Crippen LogP) is 5.07. The van der Waals surface area contributed by atoms with Gasteiger partial charge in [0.05, 0.1) is 5.75 Å². The average Bonchev–Trinajstić information content (AvgIpc) is 2.65. The van der Waals surface area contributed by atoms with Gasteiger partial charge in [0.2, 0.25) is 11.8 Å². The number of thioether (sulfide) groups is 1. The molecular formula is C23H29ClN2O2S. The number of aryl methyl sites for hydroxylation is 1. The molecule has 1 unspecified atom stereocenters. The standard InChI is InChI=1S/C23H29ClN2O2S/c1-16-8-6-7-9-18(16)14-26(17(2)22(28)25-23(3,4)5)21(27)15-29-20-12-10-19(24)11-13-20/h6-13,17H,14-15H2,1-5H3,(H,25,28). The first-order valence-corrected chi connectivity index (χ1v) is 11.0. The van der Waals surface area contributed by atoms with Crippen molar-refractivity contribution in [3.63, 3.8) is 0 Å². The Hall–Kier alpha value is -1.98. The normalized spacial score (nSPS) is 12.3. The molecule has 2 rings (SSSR count). The van der Waals surface area contributed by atoms with E-state index in [0.717, 1.165) is 16.0 Å². The van der Waals surface area contributed by atoms with Gasteiger partial charge in [0.1, 0.15) is 6.04 Å². The zero-order valence-corrected chi connectivity index (χ0v) is 19.2. The highest BCUT2D eigenvalue weighted by Gasteiger charge is 2.28. The lowest BCUT2D eigenvalue weighted by molar-refractivity contribution is -0.139. The van der Waals surface area contributed by atoms with E-state index in [1.54, 1.807) is 24.0 Å². The fraction of sp³-hybridized carbons (Fsp3) is 0.391. The van der Waals surface area contributed by atoms with Crippen LogP contribution in [0.25, 0.3) is 0 Å². The highest BCUT2D eigenvalue weighted by atomic mass is 35.5. The third kappa shape index (κ3) is 7.41. The lowest BCUT2D eigenvalue weighted by Crippen LogP contribution is -2.52. The van der Waals surface area contributed by atoms with Crippen LogP contribution in [-0.4, -0.2) is 34.0 Å². The highest BCUT2D eigenvalue weighted by Crippen LogP contribution is 2.22. The molecule has 0 aliphatic carbocycles. The summed E-state index contributed by atoms with van der Waals surface area (Å²) in [5.41, 5.74) is 1.77. The first kappa shape index (κ1) is 23.3. The molecule has 0 aliphatic rings. The number of benzene rings is 2. The van der Waals surface area contributed by atoms with E-state index < -0.39 is 6.04 Å². The first-order valence-electron chi connectivity index (χ1n) is 9.61. The molecule has 0 heterocycles. The number of rotatable bonds is 7. The Labute approximate surface area is 183 Å². The summed E-state index contributed by atoms with van der Waals surface area (Å²) in [4.78, 5) is 28.5. The monoisotopic (exact) mass is 432 g/mol. The quantitative estimate of drug-likeness (QED) is 0.621. The van der Waals surface area contributed by atoms with Gasteiger partial charge >= 0.3 is 0 Å². The van der Waals surface area contributed by atoms with Crippen LogP contribution in [0, 0.1) is 6.92 Å². The van der Waals surface area contributed by atoms with Crippen LogP contribution in [0.3, 0.4) is 0 Å². The SMILES string of the molecule is Cc1ccccc1CN(C(=O)CSc1ccc(Cl)cc1)C(C)C(=O)NC(C)(C)C. The fourth-order valence-electron chi connectivity index (χ4n) is 2.79. The lowest BCUT2D eigenvalue weighted by Gasteiger charge is -2.31. The van der Waals surface area contributed by atoms with Crippen LogP contribution in [0.1, 0.15) is 38.8 Å². The van der Waals surface area contributed by atoms with E-state index in [-0.39, 0.29) is 23.1 Å². The number of carbonyl (C=O) groups is 2. The highest BCUT2D eigenvalue weighted by molar-refractivity contribution is 8.00. The largest absolute Gasteiger partial charge is 0.350 e. The summed E-state index contributed by atoms with van der Waals surface area (Å²) < 4.78 is 0. The predicted molar refractivity (Wildman–Crippen MR) is 121 cm³/mol. The number of nitrogens with zero attached hydrogens (tertiary/aromatic N) is 1. The van der Waals surface area contributed by atoms with Gasteiger partial charge in [0.15, 0.2) is 0 Å². The Morgan fingerprint density at radius 2 is 1.72 bits per heavy atom. The van der Waals surface area contributed by atoms with Crippen molar-refractivity contribution in [2.45, 2.75) is 57.6 Å². The third-order valence-electron chi connectivity index (χ3n) is 4.44. The van der Waals surface area contributed by atoms with Crippen molar-refractivity contribution in [2.75, 3.05) is 5.75 Å². The summed E-state index contributed by atoms with van der Waals surface area (Å²) in [6.45, 7) is 9.99. The topological polar surface area (TPSA) is 49.4 Å². The second kappa shape index (κ2) is 10.2. The Kier molecular flexibility index (Phi) is 8.17. The molecule has 0 radical (unpaired) electrons. The van der Waals surface area contributed by atoms with E-state index in [1.165, 1.54) is 11.8 Å². The maximum absolute atomic E-state index is 13.1. The maximum Gasteiger partial charge on any atom is 0.242 e. The van der Waals surface area contributed by atoms with Crippen molar-refractivity contribution in [3.8, 4) is 0 Å². The van der Waals surface area contributed by atoms with Gasteiger partial charge in [-0.3, -0.25) is 9.59 Å². The number of hydrogen-bond acceptors (Lipinski definition) is 3. The van der Waals surface area contributed by atoms with Gasteiger partial charge in [0.25, 0.3) is 0 Å². The van der Waals surface area contributed by atoms with Gasteiger partial charge < -0.3 is 10.2 Å². The Morgan fingerprint density at radius 3 is 2.31 bits per heavy atom. The van der Waals surface area contributed by atoms with Crippen LogP contribution in [-0.2, 0) is 16.1 Å². The van der Waals surface area contributed by atoms with Crippen LogP contribution in [0.4, 0.5) is 0 Å². The van der Waals surface area contributed by atoms with Crippen LogP contribution in [0.2, 0.25) is 5.02 Å². The molecule has 0 saturated carbocycles. The smallest absolute Gasteiger partial charge is 0.242 e. The van der Waals surface area contributed by atoms with Crippen molar-refractivity contribution < 1.29 is 9.59 Å². The summed E-state index contributed by atoms with van der Waals surface area (Å²) in [6.07, 6.45) is 0. The molecule has 2 aromatic carbocycles. The van der Waals surface area contributed by atoms with Gasteiger partial charge in [-0.25, -0.2) is 0 Å². The van der Waals surface area contributed by atoms with Crippen molar-refractivity contribution in [3.05, 3.63) is 64.7 Å². The molecule has 6 heteroatoms. The van der Waals surface area contributed by atoms with Crippen LogP contribution in [0.15, 0.2) is 53.4 Å². The molecule has 2 aromatic rings. The van der Waals surface area contributed by atoms with E-state index in [9.17, 15) is 9.59 Å². The number of amides is 2. The summed E-state index contributed by atoms with van der Waals surface area (Å²) >= 11 is 7.37. The molecule has 0 saturated heterocycles. The zero-order chi connectivity index (χ0) is 21.6. The summed E-state index contributed by atoms with van der Waals surface area (Å²) in [6, 6.07) is 14.7. The molecule has 0 spiro atoms.